The van der Waals surface area contributed by atoms with Crippen LogP contribution in [0.5, 0.6) is 0 Å². The lowest BCUT2D eigenvalue weighted by molar-refractivity contribution is -0.393. The monoisotopic (exact) mass is 695 g/mol. The maximum Gasteiger partial charge on any atom is 0.299 e. The van der Waals surface area contributed by atoms with Gasteiger partial charge in [0.2, 0.25) is 0 Å². The number of hydrogen-bond acceptors (Lipinski definition) is 16. The summed E-state index contributed by atoms with van der Waals surface area (Å²) in [5.41, 5.74) is -0.525. The van der Waals surface area contributed by atoms with Crippen molar-refractivity contribution in [3.05, 3.63) is 38.4 Å². The number of anilines is 1. The zero-order valence-corrected chi connectivity index (χ0v) is 28.0. The van der Waals surface area contributed by atoms with Crippen molar-refractivity contribution in [3.8, 4) is 0 Å². The van der Waals surface area contributed by atoms with Crippen LogP contribution >= 0.6 is 0 Å². The molecule has 1 N–H and O–H groups in total. The Hall–Kier alpha value is -2.62. The quantitative estimate of drug-likeness (QED) is 0.0602. The van der Waals surface area contributed by atoms with Gasteiger partial charge in [0.25, 0.3) is 11.4 Å². The summed E-state index contributed by atoms with van der Waals surface area (Å²) < 4.78 is 59.5. The summed E-state index contributed by atoms with van der Waals surface area (Å²) >= 11 is 0. The zero-order chi connectivity index (χ0) is 34.8. The fraction of sp³-hybridized carbons (Fsp3) is 0.800. The van der Waals surface area contributed by atoms with Gasteiger partial charge >= 0.3 is 0 Å². The lowest BCUT2D eigenvalue weighted by atomic mass is 10.2. The molecule has 1 rings (SSSR count). The van der Waals surface area contributed by atoms with Gasteiger partial charge in [0.05, 0.1) is 155 Å². The van der Waals surface area contributed by atoms with Gasteiger partial charge in [-0.2, -0.15) is 0 Å². The highest BCUT2D eigenvalue weighted by molar-refractivity contribution is 5.65. The van der Waals surface area contributed by atoms with E-state index in [2.05, 4.69) is 5.32 Å². The largest absolute Gasteiger partial charge is 0.379 e. The number of nitro benzene ring substituents is 2. The molecule has 0 radical (unpaired) electrons. The fourth-order valence-corrected chi connectivity index (χ4v) is 3.54. The van der Waals surface area contributed by atoms with Crippen molar-refractivity contribution in [1.82, 2.24) is 0 Å². The van der Waals surface area contributed by atoms with Crippen LogP contribution in [-0.2, 0) is 52.1 Å². The number of nitrogens with zero attached hydrogens (tertiary/aromatic N) is 2. The number of nitro groups is 2. The summed E-state index contributed by atoms with van der Waals surface area (Å²) in [6, 6.07) is 3.43. The third-order valence-corrected chi connectivity index (χ3v) is 5.87. The summed E-state index contributed by atoms with van der Waals surface area (Å²) in [4.78, 5) is 20.6. The molecule has 48 heavy (non-hydrogen) atoms. The molecule has 0 amide bonds. The van der Waals surface area contributed by atoms with Crippen molar-refractivity contribution < 1.29 is 62.0 Å². The van der Waals surface area contributed by atoms with Gasteiger partial charge < -0.3 is 57.4 Å². The van der Waals surface area contributed by atoms with Gasteiger partial charge in [-0.1, -0.05) is 0 Å². The molecule has 18 nitrogen and oxygen atoms in total. The Morgan fingerprint density at radius 1 is 0.479 bits per heavy atom. The predicted octanol–water partition coefficient (Wildman–Crippen LogP) is 2.12. The summed E-state index contributed by atoms with van der Waals surface area (Å²) in [5, 5.41) is 24.8. The van der Waals surface area contributed by atoms with E-state index in [-0.39, 0.29) is 23.7 Å². The molecule has 0 heterocycles. The summed E-state index contributed by atoms with van der Waals surface area (Å²) in [6.45, 7) is 12.8. The van der Waals surface area contributed by atoms with Crippen molar-refractivity contribution in [2.75, 3.05) is 157 Å². The highest BCUT2D eigenvalue weighted by Crippen LogP contribution is 2.28. The Balaban J connectivity index is 1.73. The first-order chi connectivity index (χ1) is 23.6. The second-order valence-electron chi connectivity index (χ2n) is 9.46. The molecule has 0 aliphatic carbocycles. The summed E-state index contributed by atoms with van der Waals surface area (Å²) in [7, 11) is 0. The summed E-state index contributed by atoms with van der Waals surface area (Å²) in [6.07, 6.45) is 0. The molecule has 0 spiro atoms. The van der Waals surface area contributed by atoms with Gasteiger partial charge in [0.15, 0.2) is 0 Å². The van der Waals surface area contributed by atoms with E-state index in [1.165, 1.54) is 12.1 Å². The van der Waals surface area contributed by atoms with Crippen molar-refractivity contribution >= 4 is 17.1 Å². The number of rotatable bonds is 37. The molecular formula is C30H53N3O15. The van der Waals surface area contributed by atoms with Crippen LogP contribution in [0.1, 0.15) is 6.92 Å². The SMILES string of the molecule is CCOCCOCCOCCOCCOCCOCCOCCOCCOCCOCCOCCNc1ccc([N+](=O)[O-])cc1[N+](=O)[O-]. The number of ether oxygens (including phenoxy) is 11. The van der Waals surface area contributed by atoms with Crippen LogP contribution in [0.2, 0.25) is 0 Å². The normalized spacial score (nSPS) is 11.3. The van der Waals surface area contributed by atoms with E-state index in [9.17, 15) is 20.2 Å². The van der Waals surface area contributed by atoms with Crippen LogP contribution in [0, 0.1) is 20.2 Å². The van der Waals surface area contributed by atoms with Crippen molar-refractivity contribution in [2.24, 2.45) is 0 Å². The first kappa shape index (κ1) is 43.4. The molecule has 278 valence electrons. The molecule has 0 atom stereocenters. The minimum absolute atomic E-state index is 0.186. The van der Waals surface area contributed by atoms with Crippen LogP contribution in [0.25, 0.3) is 0 Å². The highest BCUT2D eigenvalue weighted by atomic mass is 16.6. The van der Waals surface area contributed by atoms with Crippen LogP contribution in [0.3, 0.4) is 0 Å². The maximum atomic E-state index is 11.1. The Morgan fingerprint density at radius 3 is 1.08 bits per heavy atom. The van der Waals surface area contributed by atoms with E-state index in [0.29, 0.717) is 145 Å². The van der Waals surface area contributed by atoms with E-state index in [4.69, 9.17) is 52.1 Å². The zero-order valence-electron chi connectivity index (χ0n) is 28.0. The van der Waals surface area contributed by atoms with Crippen LogP contribution in [-0.4, -0.2) is 162 Å². The predicted molar refractivity (Wildman–Crippen MR) is 173 cm³/mol. The van der Waals surface area contributed by atoms with E-state index >= 15 is 0 Å². The van der Waals surface area contributed by atoms with Crippen LogP contribution in [0.4, 0.5) is 17.1 Å². The van der Waals surface area contributed by atoms with Gasteiger partial charge in [-0.05, 0) is 13.0 Å². The van der Waals surface area contributed by atoms with E-state index in [1.807, 2.05) is 6.92 Å². The number of benzene rings is 1. The van der Waals surface area contributed by atoms with Gasteiger partial charge in [-0.3, -0.25) is 20.2 Å². The fourth-order valence-electron chi connectivity index (χ4n) is 3.54. The first-order valence-corrected chi connectivity index (χ1v) is 16.1. The second-order valence-corrected chi connectivity index (χ2v) is 9.46. The molecular weight excluding hydrogens is 642 g/mol. The van der Waals surface area contributed by atoms with Crippen LogP contribution in [0.15, 0.2) is 18.2 Å². The lowest BCUT2D eigenvalue weighted by Crippen LogP contribution is -2.16. The highest BCUT2D eigenvalue weighted by Gasteiger charge is 2.19. The van der Waals surface area contributed by atoms with Gasteiger partial charge in [-0.15, -0.1) is 0 Å². The molecule has 0 aliphatic heterocycles. The Bertz CT molecular complexity index is 916. The first-order valence-electron chi connectivity index (χ1n) is 16.1. The minimum Gasteiger partial charge on any atom is -0.379 e. The molecule has 0 saturated heterocycles. The summed E-state index contributed by atoms with van der Waals surface area (Å²) in [5.74, 6) is 0. The van der Waals surface area contributed by atoms with Crippen molar-refractivity contribution in [1.29, 1.82) is 0 Å². The molecule has 0 fully saturated rings. The van der Waals surface area contributed by atoms with E-state index in [0.717, 1.165) is 6.07 Å². The van der Waals surface area contributed by atoms with Gasteiger partial charge in [0, 0.05) is 19.2 Å². The molecule has 0 aliphatic rings. The topological polar surface area (TPSA) is 200 Å². The van der Waals surface area contributed by atoms with Crippen LogP contribution < -0.4 is 5.32 Å². The van der Waals surface area contributed by atoms with E-state index < -0.39 is 9.85 Å². The van der Waals surface area contributed by atoms with Crippen molar-refractivity contribution in [3.63, 3.8) is 0 Å². The maximum absolute atomic E-state index is 11.1. The molecule has 0 bridgehead atoms. The molecule has 0 saturated carbocycles. The Labute approximate surface area is 281 Å². The number of nitrogens with one attached hydrogen (secondary N) is 1. The second kappa shape index (κ2) is 32.9. The average Bonchev–Trinajstić information content (AvgIpc) is 3.08. The van der Waals surface area contributed by atoms with Crippen molar-refractivity contribution in [2.45, 2.75) is 6.92 Å². The molecule has 1 aromatic carbocycles. The minimum atomic E-state index is -0.681. The standard InChI is InChI=1S/C30H53N3O15/c1-2-38-7-8-40-11-12-42-15-16-44-19-20-46-23-24-48-26-25-47-22-21-45-18-17-43-14-13-41-10-9-39-6-5-31-29-4-3-28(32(34)35)27-30(29)33(36)37/h3-4,27,31H,2,5-26H2,1H3. The molecule has 0 unspecified atom stereocenters. The third-order valence-electron chi connectivity index (χ3n) is 5.87. The Kier molecular flexibility index (Phi) is 29.8. The van der Waals surface area contributed by atoms with E-state index in [1.54, 1.807) is 0 Å². The molecule has 18 heteroatoms. The smallest absolute Gasteiger partial charge is 0.299 e. The average molecular weight is 696 g/mol. The third kappa shape index (κ3) is 26.3. The molecule has 0 aromatic heterocycles. The lowest BCUT2D eigenvalue weighted by Gasteiger charge is -2.09. The Morgan fingerprint density at radius 2 is 0.792 bits per heavy atom. The molecule has 1 aromatic rings. The number of non-ortho nitro benzene ring substituents is 1. The van der Waals surface area contributed by atoms with Gasteiger partial charge in [0.1, 0.15) is 5.69 Å². The van der Waals surface area contributed by atoms with Gasteiger partial charge in [-0.25, -0.2) is 0 Å². The number of hydrogen-bond donors (Lipinski definition) is 1.